The summed E-state index contributed by atoms with van der Waals surface area (Å²) in [6, 6.07) is 15.2. The van der Waals surface area contributed by atoms with E-state index in [1.54, 1.807) is 67.8 Å². The monoisotopic (exact) mass is 496 g/mol. The van der Waals surface area contributed by atoms with Crippen molar-refractivity contribution in [2.24, 2.45) is 0 Å². The molecule has 3 aromatic carbocycles. The number of benzene rings is 3. The summed E-state index contributed by atoms with van der Waals surface area (Å²) in [4.78, 5) is 39.2. The first-order chi connectivity index (χ1) is 18.0. The lowest BCUT2D eigenvalue weighted by Gasteiger charge is -2.25. The van der Waals surface area contributed by atoms with Crippen LogP contribution < -0.4 is 24.4 Å². The molecular weight excluding hydrogens is 476 g/mol. The molecule has 0 spiro atoms. The zero-order chi connectivity index (χ0) is 25.7. The van der Waals surface area contributed by atoms with Gasteiger partial charge in [0, 0.05) is 28.7 Å². The van der Waals surface area contributed by atoms with Crippen LogP contribution in [0.4, 0.5) is 0 Å². The molecule has 6 rings (SSSR count). The van der Waals surface area contributed by atoms with Crippen LogP contribution in [0.25, 0.3) is 17.0 Å². The third kappa shape index (κ3) is 3.65. The van der Waals surface area contributed by atoms with Gasteiger partial charge in [-0.1, -0.05) is 12.1 Å². The van der Waals surface area contributed by atoms with E-state index in [1.165, 1.54) is 13.4 Å². The van der Waals surface area contributed by atoms with Gasteiger partial charge in [-0.2, -0.15) is 0 Å². The van der Waals surface area contributed by atoms with E-state index in [1.807, 2.05) is 0 Å². The van der Waals surface area contributed by atoms with Crippen molar-refractivity contribution in [2.75, 3.05) is 14.2 Å². The van der Waals surface area contributed by atoms with Gasteiger partial charge in [-0.15, -0.1) is 0 Å². The van der Waals surface area contributed by atoms with Gasteiger partial charge in [-0.25, -0.2) is 0 Å². The second-order valence-corrected chi connectivity index (χ2v) is 8.65. The Bertz CT molecular complexity index is 1690. The highest BCUT2D eigenvalue weighted by molar-refractivity contribution is 6.15. The fourth-order valence-electron chi connectivity index (χ4n) is 4.78. The molecule has 0 amide bonds. The van der Waals surface area contributed by atoms with E-state index in [0.29, 0.717) is 39.2 Å². The molecule has 8 heteroatoms. The van der Waals surface area contributed by atoms with Crippen LogP contribution in [-0.2, 0) is 4.79 Å². The molecule has 2 aliphatic rings. The second kappa shape index (κ2) is 8.67. The maximum atomic E-state index is 13.4. The summed E-state index contributed by atoms with van der Waals surface area (Å²) >= 11 is 0. The molecule has 0 saturated heterocycles. The number of allylic oxidation sites excluding steroid dienone is 1. The van der Waals surface area contributed by atoms with Crippen LogP contribution in [-0.4, -0.2) is 26.0 Å². The standard InChI is InChI=1S/C29H20O8/c1-33-16-8-7-15(23(12-16)34-2)11-24-28(32)18-9-10-22-26(29(18)37-24)19(13-25(30)36-22)20-14-35-21-6-4-3-5-17(21)27(20)31/h3-12,14,19H,13H2,1-2H3/b24-11-/t19-/m0/s1. The highest BCUT2D eigenvalue weighted by Gasteiger charge is 2.39. The molecule has 37 heavy (non-hydrogen) atoms. The van der Waals surface area contributed by atoms with Crippen molar-refractivity contribution in [2.45, 2.75) is 12.3 Å². The number of fused-ring (bicyclic) bond motifs is 4. The SMILES string of the molecule is COc1ccc(/C=C2\Oc3c(ccc4c3[C@H](c3coc5ccccc5c3=O)CC(=O)O4)C2=O)c(OC)c1. The molecule has 8 nitrogen and oxygen atoms in total. The molecule has 2 aliphatic heterocycles. The molecule has 0 radical (unpaired) electrons. The van der Waals surface area contributed by atoms with Crippen molar-refractivity contribution in [3.8, 4) is 23.0 Å². The normalized spacial score (nSPS) is 17.2. The molecule has 4 aromatic rings. The third-order valence-corrected chi connectivity index (χ3v) is 6.59. The van der Waals surface area contributed by atoms with E-state index in [4.69, 9.17) is 23.4 Å². The van der Waals surface area contributed by atoms with Crippen LogP contribution in [0, 0.1) is 0 Å². The topological polar surface area (TPSA) is 101 Å². The van der Waals surface area contributed by atoms with Gasteiger partial charge in [-0.3, -0.25) is 14.4 Å². The van der Waals surface area contributed by atoms with E-state index < -0.39 is 11.9 Å². The van der Waals surface area contributed by atoms with Gasteiger partial charge in [0.2, 0.25) is 5.78 Å². The molecule has 1 atom stereocenters. The van der Waals surface area contributed by atoms with Gasteiger partial charge in [-0.05, 0) is 42.5 Å². The van der Waals surface area contributed by atoms with E-state index in [-0.39, 0.29) is 40.5 Å². The molecule has 0 N–H and O–H groups in total. The van der Waals surface area contributed by atoms with Gasteiger partial charge >= 0.3 is 5.97 Å². The third-order valence-electron chi connectivity index (χ3n) is 6.59. The molecule has 0 fully saturated rings. The fourth-order valence-corrected chi connectivity index (χ4v) is 4.78. The van der Waals surface area contributed by atoms with Crippen LogP contribution in [0.3, 0.4) is 0 Å². The lowest BCUT2D eigenvalue weighted by molar-refractivity contribution is -0.135. The van der Waals surface area contributed by atoms with E-state index >= 15 is 0 Å². The first-order valence-electron chi connectivity index (χ1n) is 11.5. The van der Waals surface area contributed by atoms with Crippen molar-refractivity contribution < 1.29 is 33.0 Å². The lowest BCUT2D eigenvalue weighted by Crippen LogP contribution is -2.25. The number of esters is 1. The molecule has 0 bridgehead atoms. The van der Waals surface area contributed by atoms with Crippen molar-refractivity contribution in [3.05, 3.63) is 99.1 Å². The van der Waals surface area contributed by atoms with Gasteiger partial charge in [0.05, 0.1) is 37.9 Å². The molecular formula is C29H20O8. The summed E-state index contributed by atoms with van der Waals surface area (Å²) in [6.45, 7) is 0. The zero-order valence-electron chi connectivity index (χ0n) is 19.9. The first kappa shape index (κ1) is 22.6. The average Bonchev–Trinajstić information content (AvgIpc) is 3.23. The molecule has 184 valence electrons. The number of rotatable bonds is 4. The van der Waals surface area contributed by atoms with Crippen LogP contribution in [0.2, 0.25) is 0 Å². The predicted octanol–water partition coefficient (Wildman–Crippen LogP) is 4.87. The molecule has 0 aliphatic carbocycles. The smallest absolute Gasteiger partial charge is 0.312 e. The van der Waals surface area contributed by atoms with Gasteiger partial charge in [0.15, 0.2) is 11.2 Å². The van der Waals surface area contributed by atoms with Crippen LogP contribution in [0.5, 0.6) is 23.0 Å². The molecule has 1 aromatic heterocycles. The number of ketones is 1. The van der Waals surface area contributed by atoms with Crippen LogP contribution in [0.15, 0.2) is 75.8 Å². The van der Waals surface area contributed by atoms with Crippen molar-refractivity contribution in [1.29, 1.82) is 0 Å². The minimum absolute atomic E-state index is 0.0769. The Balaban J connectivity index is 1.48. The highest BCUT2D eigenvalue weighted by Crippen LogP contribution is 2.48. The Hall–Kier alpha value is -4.85. The second-order valence-electron chi connectivity index (χ2n) is 8.65. The maximum Gasteiger partial charge on any atom is 0.312 e. The number of para-hydroxylation sites is 1. The Morgan fingerprint density at radius 1 is 0.946 bits per heavy atom. The number of ether oxygens (including phenoxy) is 4. The predicted molar refractivity (Wildman–Crippen MR) is 134 cm³/mol. The van der Waals surface area contributed by atoms with Crippen molar-refractivity contribution in [3.63, 3.8) is 0 Å². The Morgan fingerprint density at radius 2 is 1.78 bits per heavy atom. The maximum absolute atomic E-state index is 13.4. The zero-order valence-corrected chi connectivity index (χ0v) is 19.9. The summed E-state index contributed by atoms with van der Waals surface area (Å²) in [7, 11) is 3.07. The largest absolute Gasteiger partial charge is 0.497 e. The number of hydrogen-bond donors (Lipinski definition) is 0. The number of carbonyl (C=O) groups excluding carboxylic acids is 2. The summed E-state index contributed by atoms with van der Waals surface area (Å²) in [5.41, 5.74) is 1.86. The lowest BCUT2D eigenvalue weighted by atomic mass is 9.85. The quantitative estimate of drug-likeness (QED) is 0.224. The molecule has 0 saturated carbocycles. The Morgan fingerprint density at radius 3 is 2.59 bits per heavy atom. The molecule has 0 unspecified atom stereocenters. The highest BCUT2D eigenvalue weighted by atomic mass is 16.5. The summed E-state index contributed by atoms with van der Waals surface area (Å²) in [5.74, 6) is 0.137. The summed E-state index contributed by atoms with van der Waals surface area (Å²) in [6.07, 6.45) is 2.85. The van der Waals surface area contributed by atoms with Gasteiger partial charge < -0.3 is 23.4 Å². The van der Waals surface area contributed by atoms with Crippen LogP contribution >= 0.6 is 0 Å². The fraction of sp³-hybridized carbons (Fsp3) is 0.138. The van der Waals surface area contributed by atoms with Gasteiger partial charge in [0.1, 0.15) is 28.6 Å². The number of Topliss-reactive ketones (excluding diaryl/α,β-unsaturated/α-hetero) is 1. The van der Waals surface area contributed by atoms with Crippen molar-refractivity contribution >= 4 is 28.8 Å². The number of carbonyl (C=O) groups is 2. The Kier molecular flexibility index (Phi) is 5.30. The number of methoxy groups -OCH3 is 2. The molecule has 3 heterocycles. The van der Waals surface area contributed by atoms with E-state index in [2.05, 4.69) is 0 Å². The minimum Gasteiger partial charge on any atom is -0.497 e. The summed E-state index contributed by atoms with van der Waals surface area (Å²) in [5, 5.41) is 0.400. The van der Waals surface area contributed by atoms with Crippen LogP contribution in [0.1, 0.15) is 39.4 Å². The average molecular weight is 496 g/mol. The van der Waals surface area contributed by atoms with Crippen molar-refractivity contribution in [1.82, 2.24) is 0 Å². The first-order valence-corrected chi connectivity index (χ1v) is 11.5. The minimum atomic E-state index is -0.713. The van der Waals surface area contributed by atoms with Gasteiger partial charge in [0.25, 0.3) is 0 Å². The van der Waals surface area contributed by atoms with E-state index in [0.717, 1.165) is 0 Å². The number of hydrogen-bond acceptors (Lipinski definition) is 8. The Labute approximate surface area is 210 Å². The summed E-state index contributed by atoms with van der Waals surface area (Å²) < 4.78 is 28.0. The van der Waals surface area contributed by atoms with E-state index in [9.17, 15) is 14.4 Å².